The van der Waals surface area contributed by atoms with Crippen LogP contribution in [0.1, 0.15) is 188 Å². The van der Waals surface area contributed by atoms with Gasteiger partial charge in [-0.25, -0.2) is 4.57 Å². The molecule has 14 nitrogen and oxygen atoms in total. The molecule has 0 aromatic rings. The van der Waals surface area contributed by atoms with Crippen LogP contribution in [0.25, 0.3) is 0 Å². The lowest BCUT2D eigenvalue weighted by Gasteiger charge is -2.38. The fraction of sp³-hybridized carbons (Fsp3) is 0.872. The van der Waals surface area contributed by atoms with Crippen LogP contribution in [-0.4, -0.2) is 108 Å². The van der Waals surface area contributed by atoms with Crippen LogP contribution in [0.15, 0.2) is 24.3 Å². The van der Waals surface area contributed by atoms with Crippen molar-refractivity contribution >= 4 is 19.8 Å². The molecule has 364 valence electrons. The predicted octanol–water partition coefficient (Wildman–Crippen LogP) is 8.28. The van der Waals surface area contributed by atoms with E-state index < -0.39 is 63.2 Å². The summed E-state index contributed by atoms with van der Waals surface area (Å²) in [7, 11) is -4.49. The van der Waals surface area contributed by atoms with Gasteiger partial charge >= 0.3 is 19.8 Å². The first kappa shape index (κ1) is 58.3. The second kappa shape index (κ2) is 39.6. The molecule has 0 bridgehead atoms. The lowest BCUT2D eigenvalue weighted by molar-refractivity contribution is -0.655. The number of carbonyl (C=O) groups is 2. The quantitative estimate of drug-likeness (QED) is 0.0170. The van der Waals surface area contributed by atoms with Gasteiger partial charge in [0, 0.05) is 12.8 Å². The van der Waals surface area contributed by atoms with Gasteiger partial charge in [0.05, 0.1) is 32.4 Å². The summed E-state index contributed by atoms with van der Waals surface area (Å²) in [5.41, 5.74) is 0. The maximum absolute atomic E-state index is 12.8. The molecule has 0 radical (unpaired) electrons. The number of esters is 2. The Balaban J connectivity index is 2.39. The number of carbonyl (C=O) groups excluding carboxylic acids is 2. The molecule has 62 heavy (non-hydrogen) atoms. The fourth-order valence-corrected chi connectivity index (χ4v) is 7.71. The fourth-order valence-electron chi connectivity index (χ4n) is 6.94. The highest BCUT2D eigenvalue weighted by molar-refractivity contribution is 7.47. The number of rotatable bonds is 42. The van der Waals surface area contributed by atoms with Crippen LogP contribution in [0.4, 0.5) is 0 Å². The van der Waals surface area contributed by atoms with E-state index in [0.29, 0.717) is 32.4 Å². The molecule has 0 aromatic heterocycles. The summed E-state index contributed by atoms with van der Waals surface area (Å²) in [6.45, 7) is 6.54. The van der Waals surface area contributed by atoms with Crippen LogP contribution >= 0.6 is 7.82 Å². The first-order chi connectivity index (χ1) is 30.0. The van der Waals surface area contributed by atoms with Gasteiger partial charge in [-0.3, -0.25) is 18.6 Å². The Labute approximate surface area is 374 Å². The molecule has 3 unspecified atom stereocenters. The van der Waals surface area contributed by atoms with E-state index in [1.807, 2.05) is 5.32 Å². The van der Waals surface area contributed by atoms with Gasteiger partial charge in [0.15, 0.2) is 12.4 Å². The molecular formula is C47H89NO13P+. The third-order valence-electron chi connectivity index (χ3n) is 10.9. The molecule has 15 heteroatoms. The van der Waals surface area contributed by atoms with E-state index >= 15 is 0 Å². The van der Waals surface area contributed by atoms with E-state index in [9.17, 15) is 34.4 Å². The van der Waals surface area contributed by atoms with Gasteiger partial charge in [0.2, 0.25) is 0 Å². The monoisotopic (exact) mass is 907 g/mol. The normalized spacial score (nSPS) is 20.8. The second-order valence-corrected chi connectivity index (χ2v) is 18.2. The first-order valence-electron chi connectivity index (χ1n) is 24.4. The molecule has 0 saturated carbocycles. The van der Waals surface area contributed by atoms with Gasteiger partial charge in [-0.1, -0.05) is 115 Å². The summed E-state index contributed by atoms with van der Waals surface area (Å²) in [6, 6.07) is 0. The number of ether oxygens (including phenoxy) is 4. The molecule has 1 aliphatic rings. The summed E-state index contributed by atoms with van der Waals surface area (Å²) in [4.78, 5) is 35.6. The number of quaternary nitrogens is 1. The standard InChI is InChI=1S/C47H88NO13P/c1-4-6-8-10-12-14-16-18-20-22-24-26-28-32-42(49)57-38-41(61-43(50)33-29-27-25-23-21-19-17-15-13-11-9-7-5-2)39-59-62(54,55)58-37-35-48-34-30-31-36-56-47-46(53)45(52)44(51)40(3)60-47/h14-17,40-41,44-48,51-53H,4-13,18-39H2,1-3H3,(H,54,55)/p+1/b16-14-,17-15-/t40?,41-,44+,45+,46?,47-/m1/s1. The highest BCUT2D eigenvalue weighted by Gasteiger charge is 2.42. The van der Waals surface area contributed by atoms with Crippen LogP contribution in [0, 0.1) is 0 Å². The Morgan fingerprint density at radius 3 is 1.69 bits per heavy atom. The molecule has 1 heterocycles. The van der Waals surface area contributed by atoms with E-state index in [0.717, 1.165) is 83.5 Å². The lowest BCUT2D eigenvalue weighted by atomic mass is 10.0. The van der Waals surface area contributed by atoms with Crippen molar-refractivity contribution in [3.8, 4) is 0 Å². The van der Waals surface area contributed by atoms with Crippen LogP contribution in [0.3, 0.4) is 0 Å². The highest BCUT2D eigenvalue weighted by atomic mass is 31.2. The zero-order chi connectivity index (χ0) is 45.5. The minimum atomic E-state index is -4.49. The highest BCUT2D eigenvalue weighted by Crippen LogP contribution is 2.43. The average molecular weight is 907 g/mol. The maximum atomic E-state index is 12.8. The van der Waals surface area contributed by atoms with Gasteiger partial charge in [0.1, 0.15) is 31.5 Å². The minimum absolute atomic E-state index is 0.0743. The van der Waals surface area contributed by atoms with E-state index in [2.05, 4.69) is 38.2 Å². The van der Waals surface area contributed by atoms with Gasteiger partial charge in [0.25, 0.3) is 0 Å². The summed E-state index contributed by atoms with van der Waals surface area (Å²) < 4.78 is 45.0. The number of hydrogen-bond acceptors (Lipinski definition) is 12. The van der Waals surface area contributed by atoms with E-state index in [-0.39, 0.29) is 32.7 Å². The number of phosphoric ester groups is 1. The Morgan fingerprint density at radius 1 is 0.613 bits per heavy atom. The molecule has 1 aliphatic heterocycles. The van der Waals surface area contributed by atoms with E-state index in [1.54, 1.807) is 6.92 Å². The number of nitrogens with two attached hydrogens (primary N) is 1. The molecule has 0 aromatic carbocycles. The van der Waals surface area contributed by atoms with Crippen LogP contribution in [0.2, 0.25) is 0 Å². The molecule has 1 fully saturated rings. The topological polar surface area (TPSA) is 204 Å². The minimum Gasteiger partial charge on any atom is -0.462 e. The van der Waals surface area contributed by atoms with Crippen molar-refractivity contribution in [2.75, 3.05) is 39.5 Å². The van der Waals surface area contributed by atoms with Gasteiger partial charge in [-0.15, -0.1) is 0 Å². The maximum Gasteiger partial charge on any atom is 0.472 e. The molecule has 6 N–H and O–H groups in total. The van der Waals surface area contributed by atoms with Crippen LogP contribution in [-0.2, 0) is 42.1 Å². The van der Waals surface area contributed by atoms with Crippen molar-refractivity contribution in [3.63, 3.8) is 0 Å². The second-order valence-electron chi connectivity index (χ2n) is 16.8. The zero-order valence-corrected chi connectivity index (χ0v) is 39.8. The average Bonchev–Trinajstić information content (AvgIpc) is 3.25. The number of phosphoric acid groups is 1. The van der Waals surface area contributed by atoms with Crippen molar-refractivity contribution < 1.29 is 67.7 Å². The van der Waals surface area contributed by atoms with Crippen molar-refractivity contribution in [3.05, 3.63) is 24.3 Å². The Morgan fingerprint density at radius 2 is 1.13 bits per heavy atom. The van der Waals surface area contributed by atoms with E-state index in [4.69, 9.17) is 28.0 Å². The third-order valence-corrected chi connectivity index (χ3v) is 11.9. The predicted molar refractivity (Wildman–Crippen MR) is 242 cm³/mol. The first-order valence-corrected chi connectivity index (χ1v) is 25.9. The van der Waals surface area contributed by atoms with E-state index in [1.165, 1.54) is 51.4 Å². The van der Waals surface area contributed by atoms with Crippen molar-refractivity contribution in [1.29, 1.82) is 0 Å². The number of allylic oxidation sites excluding steroid dienone is 4. The SMILES string of the molecule is CCCCCC/C=C\CCCCCCCC(=O)OC[C@H](COP(=O)(O)OCC[NH2+]CCCCO[C@@H]1OC(C)[C@H](O)[C@H](O)C1O)OC(=O)CCCCCCC/C=C\CCCCCC. The molecule has 1 rings (SSSR count). The molecule has 0 aliphatic carbocycles. The van der Waals surface area contributed by atoms with Gasteiger partial charge < -0.3 is 44.5 Å². The Hall–Kier alpha value is -1.71. The molecule has 7 atom stereocenters. The summed E-state index contributed by atoms with van der Waals surface area (Å²) in [5, 5.41) is 31.7. The number of unbranched alkanes of at least 4 members (excludes halogenated alkanes) is 19. The summed E-state index contributed by atoms with van der Waals surface area (Å²) in [5.74, 6) is -0.892. The molecule has 1 saturated heterocycles. The Kier molecular flexibility index (Phi) is 37.3. The van der Waals surface area contributed by atoms with Crippen molar-refractivity contribution in [1.82, 2.24) is 0 Å². The number of aliphatic hydroxyl groups excluding tert-OH is 3. The number of hydrogen-bond donors (Lipinski definition) is 5. The smallest absolute Gasteiger partial charge is 0.462 e. The van der Waals surface area contributed by atoms with Crippen LogP contribution < -0.4 is 5.32 Å². The zero-order valence-electron chi connectivity index (χ0n) is 38.9. The molecule has 0 amide bonds. The van der Waals surface area contributed by atoms with Gasteiger partial charge in [-0.2, -0.15) is 0 Å². The summed E-state index contributed by atoms with van der Waals surface area (Å²) >= 11 is 0. The van der Waals surface area contributed by atoms with Crippen LogP contribution in [0.5, 0.6) is 0 Å². The molecule has 0 spiro atoms. The molecular weight excluding hydrogens is 817 g/mol. The lowest BCUT2D eigenvalue weighted by Crippen LogP contribution is -2.85. The third kappa shape index (κ3) is 32.9. The van der Waals surface area contributed by atoms with Crippen molar-refractivity contribution in [2.24, 2.45) is 0 Å². The number of aliphatic hydroxyl groups is 3. The summed E-state index contributed by atoms with van der Waals surface area (Å²) in [6.07, 6.45) is 28.7. The Bertz CT molecular complexity index is 1190. The largest absolute Gasteiger partial charge is 0.472 e. The van der Waals surface area contributed by atoms with Crippen molar-refractivity contribution in [2.45, 2.75) is 225 Å². The van der Waals surface area contributed by atoms with Gasteiger partial charge in [-0.05, 0) is 84.0 Å².